The number of alkyl halides is 1. The first kappa shape index (κ1) is 13.2. The molecule has 1 saturated carbocycles. The van der Waals surface area contributed by atoms with E-state index in [0.29, 0.717) is 5.88 Å². The highest BCUT2D eigenvalue weighted by molar-refractivity contribution is 6.17. The van der Waals surface area contributed by atoms with Crippen LogP contribution in [0, 0.1) is 13.8 Å². The van der Waals surface area contributed by atoms with Gasteiger partial charge in [-0.3, -0.25) is 4.90 Å². The second-order valence-corrected chi connectivity index (χ2v) is 6.04. The summed E-state index contributed by atoms with van der Waals surface area (Å²) in [6.07, 6.45) is 2.80. The first-order valence-corrected chi connectivity index (χ1v) is 7.74. The van der Waals surface area contributed by atoms with Crippen molar-refractivity contribution in [2.75, 3.05) is 31.1 Å². The van der Waals surface area contributed by atoms with Crippen LogP contribution in [0.4, 0.5) is 5.82 Å². The molecule has 0 amide bonds. The molecule has 1 aromatic rings. The van der Waals surface area contributed by atoms with Crippen molar-refractivity contribution >= 4 is 17.4 Å². The maximum absolute atomic E-state index is 6.12. The van der Waals surface area contributed by atoms with E-state index in [9.17, 15) is 0 Å². The van der Waals surface area contributed by atoms with Gasteiger partial charge in [0.1, 0.15) is 5.82 Å². The standard InChI is InChI=1S/C15H22ClN3/c1-11-9-12(2)17-15(14(11)10-16)19-7-5-18(6-8-19)13-3-4-13/h9,13H,3-8,10H2,1-2H3. The van der Waals surface area contributed by atoms with E-state index in [1.54, 1.807) is 0 Å². The van der Waals surface area contributed by atoms with E-state index in [0.717, 1.165) is 30.6 Å². The van der Waals surface area contributed by atoms with E-state index in [1.807, 2.05) is 0 Å². The lowest BCUT2D eigenvalue weighted by Crippen LogP contribution is -2.47. The number of rotatable bonds is 3. The molecule has 104 valence electrons. The lowest BCUT2D eigenvalue weighted by atomic mass is 10.1. The first-order valence-electron chi connectivity index (χ1n) is 7.21. The predicted octanol–water partition coefficient (Wildman–Crippen LogP) is 2.72. The molecular weight excluding hydrogens is 258 g/mol. The molecule has 0 bridgehead atoms. The Hall–Kier alpha value is -0.800. The van der Waals surface area contributed by atoms with Crippen LogP contribution in [-0.2, 0) is 5.88 Å². The predicted molar refractivity (Wildman–Crippen MR) is 80.1 cm³/mol. The van der Waals surface area contributed by atoms with Crippen LogP contribution in [-0.4, -0.2) is 42.1 Å². The second kappa shape index (κ2) is 5.29. The van der Waals surface area contributed by atoms with Gasteiger partial charge in [0.05, 0.1) is 5.88 Å². The van der Waals surface area contributed by atoms with Crippen LogP contribution in [0.1, 0.15) is 29.7 Å². The highest BCUT2D eigenvalue weighted by Crippen LogP contribution is 2.30. The van der Waals surface area contributed by atoms with Crippen LogP contribution in [0.15, 0.2) is 6.07 Å². The zero-order valence-electron chi connectivity index (χ0n) is 11.8. The molecule has 3 nitrogen and oxygen atoms in total. The second-order valence-electron chi connectivity index (χ2n) is 5.77. The Morgan fingerprint density at radius 3 is 2.47 bits per heavy atom. The molecule has 2 aliphatic rings. The van der Waals surface area contributed by atoms with Gasteiger partial charge in [0.15, 0.2) is 0 Å². The van der Waals surface area contributed by atoms with E-state index >= 15 is 0 Å². The van der Waals surface area contributed by atoms with Gasteiger partial charge >= 0.3 is 0 Å². The summed E-state index contributed by atoms with van der Waals surface area (Å²) >= 11 is 6.12. The Kier molecular flexibility index (Phi) is 3.68. The minimum Gasteiger partial charge on any atom is -0.354 e. The lowest BCUT2D eigenvalue weighted by molar-refractivity contribution is 0.247. The molecule has 3 rings (SSSR count). The van der Waals surface area contributed by atoms with Crippen molar-refractivity contribution in [3.8, 4) is 0 Å². The Labute approximate surface area is 120 Å². The number of aryl methyl sites for hydroxylation is 2. The molecule has 0 aromatic carbocycles. The number of piperazine rings is 1. The minimum absolute atomic E-state index is 0.553. The average Bonchev–Trinajstić information content (AvgIpc) is 3.22. The molecule has 0 spiro atoms. The first-order chi connectivity index (χ1) is 9.19. The summed E-state index contributed by atoms with van der Waals surface area (Å²) in [7, 11) is 0. The van der Waals surface area contributed by atoms with Gasteiger partial charge in [-0.15, -0.1) is 11.6 Å². The Balaban J connectivity index is 1.78. The third-order valence-electron chi connectivity index (χ3n) is 4.26. The fourth-order valence-electron chi connectivity index (χ4n) is 3.01. The third kappa shape index (κ3) is 2.72. The van der Waals surface area contributed by atoms with Crippen molar-refractivity contribution in [3.63, 3.8) is 0 Å². The number of halogens is 1. The van der Waals surface area contributed by atoms with Crippen LogP contribution < -0.4 is 4.90 Å². The van der Waals surface area contributed by atoms with Crippen molar-refractivity contribution in [3.05, 3.63) is 22.9 Å². The summed E-state index contributed by atoms with van der Waals surface area (Å²) in [5, 5.41) is 0. The number of hydrogen-bond donors (Lipinski definition) is 0. The maximum Gasteiger partial charge on any atom is 0.133 e. The normalized spacial score (nSPS) is 20.9. The topological polar surface area (TPSA) is 19.4 Å². The molecule has 0 atom stereocenters. The number of hydrogen-bond acceptors (Lipinski definition) is 3. The van der Waals surface area contributed by atoms with Gasteiger partial charge in [0.2, 0.25) is 0 Å². The molecule has 4 heteroatoms. The van der Waals surface area contributed by atoms with Gasteiger partial charge in [-0.1, -0.05) is 0 Å². The Morgan fingerprint density at radius 1 is 1.21 bits per heavy atom. The highest BCUT2D eigenvalue weighted by atomic mass is 35.5. The van der Waals surface area contributed by atoms with Gasteiger partial charge in [-0.2, -0.15) is 0 Å². The van der Waals surface area contributed by atoms with Crippen molar-refractivity contribution in [2.24, 2.45) is 0 Å². The summed E-state index contributed by atoms with van der Waals surface area (Å²) in [6.45, 7) is 8.69. The molecule has 1 aliphatic carbocycles. The summed E-state index contributed by atoms with van der Waals surface area (Å²) < 4.78 is 0. The molecular formula is C15H22ClN3. The number of aromatic nitrogens is 1. The van der Waals surface area contributed by atoms with Gasteiger partial charge < -0.3 is 4.90 Å². The SMILES string of the molecule is Cc1cc(C)c(CCl)c(N2CCN(C3CC3)CC2)n1. The largest absolute Gasteiger partial charge is 0.354 e. The summed E-state index contributed by atoms with van der Waals surface area (Å²) in [6, 6.07) is 3.00. The van der Waals surface area contributed by atoms with Gasteiger partial charge in [0.25, 0.3) is 0 Å². The Bertz CT molecular complexity index is 463. The molecule has 0 N–H and O–H groups in total. The molecule has 1 aliphatic heterocycles. The van der Waals surface area contributed by atoms with E-state index in [1.165, 1.54) is 37.1 Å². The van der Waals surface area contributed by atoms with E-state index in [2.05, 4.69) is 29.7 Å². The smallest absolute Gasteiger partial charge is 0.133 e. The Morgan fingerprint density at radius 2 is 1.89 bits per heavy atom. The van der Waals surface area contributed by atoms with Gasteiger partial charge in [0, 0.05) is 43.5 Å². The van der Waals surface area contributed by atoms with Crippen molar-refractivity contribution < 1.29 is 0 Å². The maximum atomic E-state index is 6.12. The van der Waals surface area contributed by atoms with E-state index < -0.39 is 0 Å². The third-order valence-corrected chi connectivity index (χ3v) is 4.53. The molecule has 2 fully saturated rings. The number of anilines is 1. The molecule has 2 heterocycles. The van der Waals surface area contributed by atoms with Crippen LogP contribution in [0.25, 0.3) is 0 Å². The van der Waals surface area contributed by atoms with Crippen molar-refractivity contribution in [1.82, 2.24) is 9.88 Å². The molecule has 19 heavy (non-hydrogen) atoms. The minimum atomic E-state index is 0.553. The van der Waals surface area contributed by atoms with Crippen LogP contribution in [0.3, 0.4) is 0 Å². The van der Waals surface area contributed by atoms with Crippen LogP contribution >= 0.6 is 11.6 Å². The van der Waals surface area contributed by atoms with Crippen LogP contribution in [0.2, 0.25) is 0 Å². The van der Waals surface area contributed by atoms with Crippen molar-refractivity contribution in [1.29, 1.82) is 0 Å². The monoisotopic (exact) mass is 279 g/mol. The van der Waals surface area contributed by atoms with Gasteiger partial charge in [-0.25, -0.2) is 4.98 Å². The summed E-state index contributed by atoms with van der Waals surface area (Å²) in [5.74, 6) is 1.67. The molecule has 0 unspecified atom stereocenters. The zero-order chi connectivity index (χ0) is 13.4. The van der Waals surface area contributed by atoms with E-state index in [-0.39, 0.29) is 0 Å². The average molecular weight is 280 g/mol. The fraction of sp³-hybridized carbons (Fsp3) is 0.667. The molecule has 0 radical (unpaired) electrons. The highest BCUT2D eigenvalue weighted by Gasteiger charge is 2.31. The lowest BCUT2D eigenvalue weighted by Gasteiger charge is -2.36. The van der Waals surface area contributed by atoms with Crippen LogP contribution in [0.5, 0.6) is 0 Å². The number of nitrogens with zero attached hydrogens (tertiary/aromatic N) is 3. The van der Waals surface area contributed by atoms with Gasteiger partial charge in [-0.05, 0) is 38.3 Å². The summed E-state index contributed by atoms with van der Waals surface area (Å²) in [5.41, 5.74) is 3.56. The van der Waals surface area contributed by atoms with E-state index in [4.69, 9.17) is 16.6 Å². The zero-order valence-corrected chi connectivity index (χ0v) is 12.6. The van der Waals surface area contributed by atoms with Crippen molar-refractivity contribution in [2.45, 2.75) is 38.6 Å². The quantitative estimate of drug-likeness (QED) is 0.793. The summed E-state index contributed by atoms with van der Waals surface area (Å²) in [4.78, 5) is 9.77. The fourth-order valence-corrected chi connectivity index (χ4v) is 3.34. The number of pyridine rings is 1. The molecule has 1 aromatic heterocycles. The molecule has 1 saturated heterocycles.